The van der Waals surface area contributed by atoms with Crippen molar-refractivity contribution in [3.05, 3.63) is 46.6 Å². The molecule has 104 valence electrons. The van der Waals surface area contributed by atoms with Gasteiger partial charge in [0, 0.05) is 0 Å². The molecule has 0 saturated carbocycles. The summed E-state index contributed by atoms with van der Waals surface area (Å²) in [6.45, 7) is 8.55. The SMILES string of the molecule is CC1=[C-]C(C)=CC1.CCC1=[C-]C(CC)=CC1.[Cl-].[Cl-].[Zr+4]. The molecule has 0 unspecified atom stereocenters. The van der Waals surface area contributed by atoms with Crippen LogP contribution in [0.3, 0.4) is 0 Å². The molecule has 0 nitrogen and oxygen atoms in total. The molecular formula is C16H22Cl2Zr. The van der Waals surface area contributed by atoms with Gasteiger partial charge in [-0.3, -0.25) is 6.08 Å². The number of halogens is 2. The van der Waals surface area contributed by atoms with Gasteiger partial charge in [0.1, 0.15) is 0 Å². The Morgan fingerprint density at radius 1 is 0.947 bits per heavy atom. The summed E-state index contributed by atoms with van der Waals surface area (Å²) in [6, 6.07) is 0. The fourth-order valence-corrected chi connectivity index (χ4v) is 1.79. The van der Waals surface area contributed by atoms with Crippen molar-refractivity contribution >= 4 is 0 Å². The first kappa shape index (κ1) is 24.4. The van der Waals surface area contributed by atoms with Gasteiger partial charge in [-0.15, -0.1) is 0 Å². The normalized spacial score (nSPS) is 15.4. The Morgan fingerprint density at radius 2 is 1.58 bits per heavy atom. The third kappa shape index (κ3) is 9.88. The molecule has 0 saturated heterocycles. The molecule has 0 aromatic heterocycles. The zero-order valence-corrected chi connectivity index (χ0v) is 16.2. The van der Waals surface area contributed by atoms with Crippen molar-refractivity contribution in [3.8, 4) is 0 Å². The van der Waals surface area contributed by atoms with Crippen LogP contribution in [0, 0.1) is 12.2 Å². The van der Waals surface area contributed by atoms with Crippen molar-refractivity contribution < 1.29 is 51.0 Å². The molecule has 0 N–H and O–H groups in total. The zero-order chi connectivity index (χ0) is 12.0. The first-order valence-electron chi connectivity index (χ1n) is 6.22. The average Bonchev–Trinajstić information content (AvgIpc) is 2.88. The molecule has 0 spiro atoms. The summed E-state index contributed by atoms with van der Waals surface area (Å²) < 4.78 is 0. The predicted octanol–water partition coefficient (Wildman–Crippen LogP) is -1.04. The van der Waals surface area contributed by atoms with E-state index >= 15 is 0 Å². The van der Waals surface area contributed by atoms with E-state index in [-0.39, 0.29) is 51.0 Å². The van der Waals surface area contributed by atoms with Crippen LogP contribution in [0.1, 0.15) is 53.4 Å². The van der Waals surface area contributed by atoms with E-state index in [1.165, 1.54) is 28.7 Å². The molecule has 19 heavy (non-hydrogen) atoms. The van der Waals surface area contributed by atoms with E-state index in [9.17, 15) is 0 Å². The summed E-state index contributed by atoms with van der Waals surface area (Å²) in [5.41, 5.74) is 5.51. The maximum atomic E-state index is 3.37. The quantitative estimate of drug-likeness (QED) is 0.540. The second-order valence-electron chi connectivity index (χ2n) is 4.37. The van der Waals surface area contributed by atoms with Gasteiger partial charge in [-0.2, -0.15) is 11.1 Å². The molecule has 0 aromatic carbocycles. The molecule has 0 amide bonds. The smallest absolute Gasteiger partial charge is 1.00 e. The molecule has 2 aliphatic rings. The van der Waals surface area contributed by atoms with Gasteiger partial charge >= 0.3 is 26.2 Å². The van der Waals surface area contributed by atoms with E-state index in [4.69, 9.17) is 0 Å². The fourth-order valence-electron chi connectivity index (χ4n) is 1.79. The monoisotopic (exact) mass is 374 g/mol. The van der Waals surface area contributed by atoms with E-state index in [2.05, 4.69) is 52.0 Å². The summed E-state index contributed by atoms with van der Waals surface area (Å²) in [4.78, 5) is 0. The van der Waals surface area contributed by atoms with E-state index < -0.39 is 0 Å². The first-order valence-corrected chi connectivity index (χ1v) is 6.22. The van der Waals surface area contributed by atoms with Gasteiger partial charge in [0.2, 0.25) is 0 Å². The summed E-state index contributed by atoms with van der Waals surface area (Å²) >= 11 is 0. The van der Waals surface area contributed by atoms with Gasteiger partial charge in [-0.1, -0.05) is 53.4 Å². The number of rotatable bonds is 2. The molecule has 0 atom stereocenters. The molecule has 0 radical (unpaired) electrons. The Bertz CT molecular complexity index is 363. The minimum atomic E-state index is 0. The molecule has 0 bridgehead atoms. The Kier molecular flexibility index (Phi) is 17.2. The Morgan fingerprint density at radius 3 is 1.79 bits per heavy atom. The minimum absolute atomic E-state index is 0. The standard InChI is InChI=1S/C9H13.C7H9.2ClH.Zr/c1-3-8-5-6-9(4-2)7-8;1-6-3-4-7(2)5-6;;;/h5H,3-4,6H2,1-2H3;3H,4H2,1-2H3;2*1H;/q2*-1;;;+4/p-2. The summed E-state index contributed by atoms with van der Waals surface area (Å²) in [6.07, 6.45) is 15.6. The second-order valence-corrected chi connectivity index (χ2v) is 4.37. The van der Waals surface area contributed by atoms with E-state index in [0.717, 1.165) is 19.3 Å². The van der Waals surface area contributed by atoms with E-state index in [1.807, 2.05) is 0 Å². The van der Waals surface area contributed by atoms with Gasteiger partial charge in [-0.25, -0.2) is 29.4 Å². The van der Waals surface area contributed by atoms with Crippen LogP contribution in [0.15, 0.2) is 34.4 Å². The van der Waals surface area contributed by atoms with Crippen LogP contribution in [0.2, 0.25) is 0 Å². The molecule has 2 rings (SSSR count). The van der Waals surface area contributed by atoms with Crippen molar-refractivity contribution in [1.82, 2.24) is 0 Å². The van der Waals surface area contributed by atoms with E-state index in [0.29, 0.717) is 0 Å². The fraction of sp³-hybridized carbons (Fsp3) is 0.500. The molecule has 0 heterocycles. The van der Waals surface area contributed by atoms with Gasteiger partial charge in [-0.05, 0) is 0 Å². The third-order valence-electron chi connectivity index (χ3n) is 2.86. The Hall–Kier alpha value is 0.423. The van der Waals surface area contributed by atoms with Gasteiger partial charge < -0.3 is 24.8 Å². The minimum Gasteiger partial charge on any atom is -1.00 e. The molecular weight excluding hydrogens is 354 g/mol. The van der Waals surface area contributed by atoms with Crippen LogP contribution in [0.25, 0.3) is 0 Å². The van der Waals surface area contributed by atoms with Crippen molar-refractivity contribution in [2.75, 3.05) is 0 Å². The van der Waals surface area contributed by atoms with Gasteiger partial charge in [0.05, 0.1) is 0 Å². The van der Waals surface area contributed by atoms with E-state index in [1.54, 1.807) is 0 Å². The van der Waals surface area contributed by atoms with Crippen molar-refractivity contribution in [2.24, 2.45) is 0 Å². The first-order chi connectivity index (χ1) is 7.65. The Labute approximate surface area is 150 Å². The molecule has 0 aromatic rings. The molecule has 3 heteroatoms. The zero-order valence-electron chi connectivity index (χ0n) is 12.2. The average molecular weight is 376 g/mol. The number of allylic oxidation sites excluding steroid dienone is 8. The maximum absolute atomic E-state index is 3.37. The predicted molar refractivity (Wildman–Crippen MR) is 70.8 cm³/mol. The van der Waals surface area contributed by atoms with Crippen LogP contribution >= 0.6 is 0 Å². The summed E-state index contributed by atoms with van der Waals surface area (Å²) in [7, 11) is 0. The van der Waals surface area contributed by atoms with Crippen molar-refractivity contribution in [2.45, 2.75) is 53.4 Å². The van der Waals surface area contributed by atoms with Crippen molar-refractivity contribution in [1.29, 1.82) is 0 Å². The molecule has 2 aliphatic carbocycles. The summed E-state index contributed by atoms with van der Waals surface area (Å²) in [5, 5.41) is 0. The van der Waals surface area contributed by atoms with Crippen LogP contribution in [-0.2, 0) is 26.2 Å². The van der Waals surface area contributed by atoms with Crippen LogP contribution < -0.4 is 24.8 Å². The molecule has 0 fully saturated rings. The van der Waals surface area contributed by atoms with Crippen LogP contribution in [0.4, 0.5) is 0 Å². The number of hydrogen-bond acceptors (Lipinski definition) is 0. The van der Waals surface area contributed by atoms with Crippen molar-refractivity contribution in [3.63, 3.8) is 0 Å². The van der Waals surface area contributed by atoms with Crippen LogP contribution in [0.5, 0.6) is 0 Å². The molecule has 0 aliphatic heterocycles. The third-order valence-corrected chi connectivity index (χ3v) is 2.86. The van der Waals surface area contributed by atoms with Gasteiger partial charge in [0.15, 0.2) is 0 Å². The second kappa shape index (κ2) is 13.4. The summed E-state index contributed by atoms with van der Waals surface area (Å²) in [5.74, 6) is 0. The maximum Gasteiger partial charge on any atom is 4.00 e. The topological polar surface area (TPSA) is 0 Å². The van der Waals surface area contributed by atoms with Gasteiger partial charge in [0.25, 0.3) is 0 Å². The Balaban J connectivity index is -0.000000237. The largest absolute Gasteiger partial charge is 4.00 e. The van der Waals surface area contributed by atoms with Crippen LogP contribution in [-0.4, -0.2) is 0 Å². The number of hydrogen-bond donors (Lipinski definition) is 0.